The minimum atomic E-state index is 0.154. The molecule has 1 unspecified atom stereocenters. The number of benzene rings is 2. The lowest BCUT2D eigenvalue weighted by Gasteiger charge is -2.23. The molecule has 2 aromatic carbocycles. The maximum absolute atomic E-state index is 6.09. The first-order valence-corrected chi connectivity index (χ1v) is 9.02. The number of hydrogen-bond donors (Lipinski definition) is 2. The number of likely N-dealkylation sites (N-methyl/N-ethyl adjacent to an activating group) is 1. The molecule has 6 nitrogen and oxygen atoms in total. The van der Waals surface area contributed by atoms with E-state index >= 15 is 0 Å². The van der Waals surface area contributed by atoms with Gasteiger partial charge in [-0.2, -0.15) is 0 Å². The number of methoxy groups -OCH3 is 2. The Kier molecular flexibility index (Phi) is 7.49. The zero-order chi connectivity index (χ0) is 19.8. The summed E-state index contributed by atoms with van der Waals surface area (Å²) in [6.45, 7) is 2.72. The number of nitrogens with two attached hydrogens (primary N) is 1. The lowest BCUT2D eigenvalue weighted by molar-refractivity contribution is 0.306. The average Bonchev–Trinajstić information content (AvgIpc) is 2.68. The number of anilines is 1. The van der Waals surface area contributed by atoms with Crippen molar-refractivity contribution in [3.63, 3.8) is 0 Å². The summed E-state index contributed by atoms with van der Waals surface area (Å²) in [6.07, 6.45) is 1.03. The summed E-state index contributed by atoms with van der Waals surface area (Å²) in [4.78, 5) is 6.67. The normalized spacial score (nSPS) is 12.7. The first-order valence-electron chi connectivity index (χ1n) is 9.02. The van der Waals surface area contributed by atoms with Crippen LogP contribution < -0.4 is 20.5 Å². The fourth-order valence-corrected chi connectivity index (χ4v) is 2.83. The van der Waals surface area contributed by atoms with Gasteiger partial charge in [-0.3, -0.25) is 4.99 Å². The van der Waals surface area contributed by atoms with Gasteiger partial charge in [0.05, 0.1) is 26.8 Å². The Morgan fingerprint density at radius 2 is 1.74 bits per heavy atom. The van der Waals surface area contributed by atoms with Gasteiger partial charge in [0, 0.05) is 11.8 Å². The lowest BCUT2D eigenvalue weighted by atomic mass is 10.0. The second-order valence-corrected chi connectivity index (χ2v) is 6.50. The Morgan fingerprint density at radius 1 is 1.07 bits per heavy atom. The molecule has 0 radical (unpaired) electrons. The third kappa shape index (κ3) is 5.62. The molecule has 3 N–H and O–H groups in total. The molecule has 0 spiro atoms. The monoisotopic (exact) mass is 370 g/mol. The number of aryl methyl sites for hydroxylation is 1. The highest BCUT2D eigenvalue weighted by Gasteiger charge is 2.14. The summed E-state index contributed by atoms with van der Waals surface area (Å²) in [5.74, 6) is 1.67. The van der Waals surface area contributed by atoms with Crippen molar-refractivity contribution in [2.45, 2.75) is 19.4 Å². The van der Waals surface area contributed by atoms with Crippen molar-refractivity contribution < 1.29 is 9.47 Å². The summed E-state index contributed by atoms with van der Waals surface area (Å²) >= 11 is 0. The molecule has 0 bridgehead atoms. The van der Waals surface area contributed by atoms with E-state index in [2.05, 4.69) is 46.4 Å². The van der Waals surface area contributed by atoms with E-state index in [1.165, 1.54) is 11.1 Å². The maximum Gasteiger partial charge on any atom is 0.193 e. The Hall–Kier alpha value is -2.73. The molecule has 0 aliphatic rings. The molecule has 0 saturated carbocycles. The summed E-state index contributed by atoms with van der Waals surface area (Å²) in [5, 5.41) is 3.11. The van der Waals surface area contributed by atoms with E-state index in [-0.39, 0.29) is 6.04 Å². The summed E-state index contributed by atoms with van der Waals surface area (Å²) in [6, 6.07) is 14.3. The van der Waals surface area contributed by atoms with Crippen LogP contribution in [0.25, 0.3) is 0 Å². The number of nitrogens with zero attached hydrogens (tertiary/aromatic N) is 2. The molecular formula is C21H30N4O2. The SMILES string of the molecule is CCc1ccc(C(CN=C(N)Nc2ccc(OC)c(OC)c2)N(C)C)cc1. The van der Waals surface area contributed by atoms with Crippen LogP contribution in [-0.2, 0) is 6.42 Å². The zero-order valence-electron chi connectivity index (χ0n) is 16.8. The highest BCUT2D eigenvalue weighted by Crippen LogP contribution is 2.29. The Labute approximate surface area is 162 Å². The van der Waals surface area contributed by atoms with Crippen LogP contribution >= 0.6 is 0 Å². The second-order valence-electron chi connectivity index (χ2n) is 6.50. The molecule has 27 heavy (non-hydrogen) atoms. The molecule has 2 aromatic rings. The van der Waals surface area contributed by atoms with Crippen LogP contribution in [0.4, 0.5) is 5.69 Å². The molecule has 146 valence electrons. The van der Waals surface area contributed by atoms with Gasteiger partial charge in [0.15, 0.2) is 17.5 Å². The van der Waals surface area contributed by atoms with Crippen molar-refractivity contribution in [2.75, 3.05) is 40.2 Å². The highest BCUT2D eigenvalue weighted by molar-refractivity contribution is 5.92. The minimum Gasteiger partial charge on any atom is -0.493 e. The van der Waals surface area contributed by atoms with Gasteiger partial charge in [0.2, 0.25) is 0 Å². The van der Waals surface area contributed by atoms with Gasteiger partial charge in [-0.25, -0.2) is 0 Å². The average molecular weight is 370 g/mol. The van der Waals surface area contributed by atoms with E-state index in [1.807, 2.05) is 32.3 Å². The Bertz CT molecular complexity index is 757. The Morgan fingerprint density at radius 3 is 2.30 bits per heavy atom. The van der Waals surface area contributed by atoms with Crippen molar-refractivity contribution in [2.24, 2.45) is 10.7 Å². The van der Waals surface area contributed by atoms with Gasteiger partial charge < -0.3 is 25.4 Å². The van der Waals surface area contributed by atoms with E-state index in [0.29, 0.717) is 24.0 Å². The topological polar surface area (TPSA) is 72.1 Å². The van der Waals surface area contributed by atoms with Crippen LogP contribution in [0.2, 0.25) is 0 Å². The van der Waals surface area contributed by atoms with Gasteiger partial charge in [-0.15, -0.1) is 0 Å². The third-order valence-electron chi connectivity index (χ3n) is 4.49. The van der Waals surface area contributed by atoms with E-state index in [4.69, 9.17) is 15.2 Å². The molecule has 0 aliphatic heterocycles. The molecule has 0 amide bonds. The van der Waals surface area contributed by atoms with Gasteiger partial charge in [0.1, 0.15) is 0 Å². The van der Waals surface area contributed by atoms with E-state index in [0.717, 1.165) is 12.1 Å². The van der Waals surface area contributed by atoms with Crippen molar-refractivity contribution in [3.8, 4) is 11.5 Å². The highest BCUT2D eigenvalue weighted by atomic mass is 16.5. The summed E-state index contributed by atoms with van der Waals surface area (Å²) in [7, 11) is 7.30. The van der Waals surface area contributed by atoms with Crippen LogP contribution in [0.3, 0.4) is 0 Å². The number of guanidine groups is 1. The van der Waals surface area contributed by atoms with Gasteiger partial charge >= 0.3 is 0 Å². The standard InChI is InChI=1S/C21H30N4O2/c1-6-15-7-9-16(10-8-15)18(25(2)3)14-23-21(22)24-17-11-12-19(26-4)20(13-17)27-5/h7-13,18H,6,14H2,1-5H3,(H3,22,23,24). The summed E-state index contributed by atoms with van der Waals surface area (Å²) < 4.78 is 10.6. The number of ether oxygens (including phenoxy) is 2. The fraction of sp³-hybridized carbons (Fsp3) is 0.381. The summed E-state index contributed by atoms with van der Waals surface area (Å²) in [5.41, 5.74) is 9.43. The van der Waals surface area contributed by atoms with Crippen molar-refractivity contribution in [1.82, 2.24) is 4.90 Å². The van der Waals surface area contributed by atoms with Gasteiger partial charge in [-0.1, -0.05) is 31.2 Å². The smallest absolute Gasteiger partial charge is 0.193 e. The predicted molar refractivity (Wildman–Crippen MR) is 112 cm³/mol. The predicted octanol–water partition coefficient (Wildman–Crippen LogP) is 3.30. The quantitative estimate of drug-likeness (QED) is 0.551. The zero-order valence-corrected chi connectivity index (χ0v) is 16.8. The van der Waals surface area contributed by atoms with Crippen LogP contribution in [0, 0.1) is 0 Å². The largest absolute Gasteiger partial charge is 0.493 e. The fourth-order valence-electron chi connectivity index (χ4n) is 2.83. The third-order valence-corrected chi connectivity index (χ3v) is 4.49. The van der Waals surface area contributed by atoms with Crippen LogP contribution in [0.15, 0.2) is 47.5 Å². The molecule has 0 aromatic heterocycles. The molecule has 6 heteroatoms. The van der Waals surface area contributed by atoms with Crippen molar-refractivity contribution in [1.29, 1.82) is 0 Å². The number of rotatable bonds is 8. The first-order chi connectivity index (χ1) is 13.0. The molecule has 0 aliphatic carbocycles. The second kappa shape index (κ2) is 9.83. The number of hydrogen-bond acceptors (Lipinski definition) is 4. The molecule has 0 heterocycles. The molecule has 1 atom stereocenters. The van der Waals surface area contributed by atoms with E-state index < -0.39 is 0 Å². The van der Waals surface area contributed by atoms with Crippen LogP contribution in [-0.4, -0.2) is 45.7 Å². The number of nitrogens with one attached hydrogen (secondary N) is 1. The first kappa shape index (κ1) is 20.6. The van der Waals surface area contributed by atoms with Crippen molar-refractivity contribution in [3.05, 3.63) is 53.6 Å². The van der Waals surface area contributed by atoms with Crippen molar-refractivity contribution >= 4 is 11.6 Å². The van der Waals surface area contributed by atoms with E-state index in [9.17, 15) is 0 Å². The van der Waals surface area contributed by atoms with Crippen LogP contribution in [0.5, 0.6) is 11.5 Å². The molecule has 0 saturated heterocycles. The number of aliphatic imine (C=N–C) groups is 1. The molecule has 2 rings (SSSR count). The van der Waals surface area contributed by atoms with Crippen LogP contribution in [0.1, 0.15) is 24.1 Å². The Balaban J connectivity index is 2.09. The maximum atomic E-state index is 6.09. The minimum absolute atomic E-state index is 0.154. The molecule has 0 fully saturated rings. The van der Waals surface area contributed by atoms with E-state index in [1.54, 1.807) is 14.2 Å². The molecular weight excluding hydrogens is 340 g/mol. The van der Waals surface area contributed by atoms with Gasteiger partial charge in [0.25, 0.3) is 0 Å². The van der Waals surface area contributed by atoms with Gasteiger partial charge in [-0.05, 0) is 43.8 Å². The lowest BCUT2D eigenvalue weighted by Crippen LogP contribution is -2.27.